The molecule has 1 heterocycles. The smallest absolute Gasteiger partial charge is 0.187 e. The monoisotopic (exact) mass is 237 g/mol. The fourth-order valence-electron chi connectivity index (χ4n) is 2.34. The van der Waals surface area contributed by atoms with Crippen LogP contribution in [-0.2, 0) is 0 Å². The summed E-state index contributed by atoms with van der Waals surface area (Å²) in [5, 5.41) is 4.33. The summed E-state index contributed by atoms with van der Waals surface area (Å²) >= 11 is 1.76. The lowest BCUT2D eigenvalue weighted by atomic mass is 10.0. The summed E-state index contributed by atoms with van der Waals surface area (Å²) in [4.78, 5) is 8.47. The van der Waals surface area contributed by atoms with Crippen molar-refractivity contribution in [2.24, 2.45) is 5.92 Å². The molecule has 0 saturated heterocycles. The lowest BCUT2D eigenvalue weighted by molar-refractivity contribution is 0.410. The number of nitrogens with one attached hydrogen (secondary N) is 1. The van der Waals surface area contributed by atoms with Gasteiger partial charge in [-0.1, -0.05) is 24.6 Å². The van der Waals surface area contributed by atoms with Gasteiger partial charge in [0.2, 0.25) is 0 Å². The highest BCUT2D eigenvalue weighted by Gasteiger charge is 2.23. The molecular weight excluding hydrogens is 218 g/mol. The number of hydrogen-bond donors (Lipinski definition) is 1. The minimum atomic E-state index is 0.608. The van der Waals surface area contributed by atoms with E-state index in [1.807, 2.05) is 6.07 Å². The maximum atomic E-state index is 4.24. The van der Waals surface area contributed by atoms with Crippen LogP contribution < -0.4 is 5.32 Å². The zero-order chi connectivity index (χ0) is 11.2. The van der Waals surface area contributed by atoms with Gasteiger partial charge in [-0.25, -0.2) is 9.97 Å². The highest BCUT2D eigenvalue weighted by Crippen LogP contribution is 2.29. The molecule has 16 heavy (non-hydrogen) atoms. The second kappa shape index (κ2) is 6.21. The first-order valence-electron chi connectivity index (χ1n) is 5.97. The molecule has 1 aliphatic rings. The summed E-state index contributed by atoms with van der Waals surface area (Å²) in [6.45, 7) is 0. The van der Waals surface area contributed by atoms with Gasteiger partial charge in [0, 0.05) is 24.2 Å². The van der Waals surface area contributed by atoms with Crippen LogP contribution in [0.3, 0.4) is 0 Å². The Bertz CT molecular complexity index is 298. The predicted octanol–water partition coefficient (Wildman–Crippen LogP) is 2.35. The summed E-state index contributed by atoms with van der Waals surface area (Å²) in [5.41, 5.74) is 0. The van der Waals surface area contributed by atoms with Crippen LogP contribution in [0.1, 0.15) is 25.7 Å². The van der Waals surface area contributed by atoms with Crippen molar-refractivity contribution in [3.8, 4) is 0 Å². The molecule has 0 aliphatic heterocycles. The molecule has 0 aromatic carbocycles. The van der Waals surface area contributed by atoms with E-state index in [0.29, 0.717) is 6.04 Å². The maximum absolute atomic E-state index is 4.24. The third-order valence-electron chi connectivity index (χ3n) is 3.27. The third kappa shape index (κ3) is 3.19. The van der Waals surface area contributed by atoms with Gasteiger partial charge < -0.3 is 5.32 Å². The Morgan fingerprint density at radius 1 is 1.38 bits per heavy atom. The Balaban J connectivity index is 1.83. The van der Waals surface area contributed by atoms with Crippen molar-refractivity contribution in [1.29, 1.82) is 0 Å². The summed E-state index contributed by atoms with van der Waals surface area (Å²) in [6, 6.07) is 2.47. The fraction of sp³-hybridized carbons (Fsp3) is 0.667. The fourth-order valence-corrected chi connectivity index (χ4v) is 3.38. The van der Waals surface area contributed by atoms with Gasteiger partial charge in [-0.3, -0.25) is 0 Å². The number of thioether (sulfide) groups is 1. The Morgan fingerprint density at radius 2 is 2.06 bits per heavy atom. The van der Waals surface area contributed by atoms with Gasteiger partial charge in [0.25, 0.3) is 0 Å². The zero-order valence-corrected chi connectivity index (χ0v) is 10.5. The molecule has 3 nitrogen and oxygen atoms in total. The summed E-state index contributed by atoms with van der Waals surface area (Å²) < 4.78 is 0. The van der Waals surface area contributed by atoms with Crippen LogP contribution in [0.4, 0.5) is 0 Å². The minimum Gasteiger partial charge on any atom is -0.316 e. The van der Waals surface area contributed by atoms with Crippen molar-refractivity contribution >= 4 is 11.8 Å². The average Bonchev–Trinajstić information content (AvgIpc) is 2.85. The third-order valence-corrected chi connectivity index (χ3v) is 4.27. The highest BCUT2D eigenvalue weighted by molar-refractivity contribution is 7.99. The maximum Gasteiger partial charge on any atom is 0.187 e. The molecule has 0 spiro atoms. The van der Waals surface area contributed by atoms with Crippen LogP contribution in [-0.4, -0.2) is 28.8 Å². The Labute approximate surface area is 101 Å². The first kappa shape index (κ1) is 11.9. The second-order valence-electron chi connectivity index (χ2n) is 4.28. The topological polar surface area (TPSA) is 37.8 Å². The molecule has 1 aliphatic carbocycles. The van der Waals surface area contributed by atoms with Crippen LogP contribution in [0, 0.1) is 5.92 Å². The van der Waals surface area contributed by atoms with Gasteiger partial charge in [0.15, 0.2) is 5.16 Å². The largest absolute Gasteiger partial charge is 0.316 e. The summed E-state index contributed by atoms with van der Waals surface area (Å²) in [6.07, 6.45) is 9.16. The number of hydrogen-bond acceptors (Lipinski definition) is 4. The van der Waals surface area contributed by atoms with E-state index in [0.717, 1.165) is 16.8 Å². The van der Waals surface area contributed by atoms with Crippen molar-refractivity contribution in [2.75, 3.05) is 12.8 Å². The SMILES string of the molecule is CNC(CSc1ncccn1)C1CCCC1. The van der Waals surface area contributed by atoms with Gasteiger partial charge in [0.05, 0.1) is 0 Å². The first-order valence-corrected chi connectivity index (χ1v) is 6.96. The molecule has 1 fully saturated rings. The Kier molecular flexibility index (Phi) is 4.60. The lowest BCUT2D eigenvalue weighted by Crippen LogP contribution is -2.34. The molecule has 1 saturated carbocycles. The molecule has 0 amide bonds. The molecule has 0 radical (unpaired) electrons. The zero-order valence-electron chi connectivity index (χ0n) is 9.72. The van der Waals surface area contributed by atoms with E-state index in [9.17, 15) is 0 Å². The van der Waals surface area contributed by atoms with Crippen LogP contribution in [0.25, 0.3) is 0 Å². The van der Waals surface area contributed by atoms with E-state index in [2.05, 4.69) is 22.3 Å². The molecule has 1 atom stereocenters. The van der Waals surface area contributed by atoms with Crippen LogP contribution in [0.15, 0.2) is 23.6 Å². The molecule has 2 rings (SSSR count). The molecule has 1 aromatic rings. The van der Waals surface area contributed by atoms with Crippen molar-refractivity contribution in [3.63, 3.8) is 0 Å². The quantitative estimate of drug-likeness (QED) is 0.630. The van der Waals surface area contributed by atoms with Gasteiger partial charge in [-0.15, -0.1) is 0 Å². The molecule has 0 bridgehead atoms. The van der Waals surface area contributed by atoms with E-state index < -0.39 is 0 Å². The van der Waals surface area contributed by atoms with Gasteiger partial charge in [-0.05, 0) is 31.9 Å². The minimum absolute atomic E-state index is 0.608. The van der Waals surface area contributed by atoms with E-state index >= 15 is 0 Å². The Morgan fingerprint density at radius 3 is 2.69 bits per heavy atom. The highest BCUT2D eigenvalue weighted by atomic mass is 32.2. The molecule has 1 N–H and O–H groups in total. The normalized spacial score (nSPS) is 18.8. The summed E-state index contributed by atoms with van der Waals surface area (Å²) in [5.74, 6) is 1.92. The number of aromatic nitrogens is 2. The van der Waals surface area contributed by atoms with Gasteiger partial charge in [0.1, 0.15) is 0 Å². The van der Waals surface area contributed by atoms with Crippen molar-refractivity contribution in [1.82, 2.24) is 15.3 Å². The summed E-state index contributed by atoms with van der Waals surface area (Å²) in [7, 11) is 2.06. The van der Waals surface area contributed by atoms with Gasteiger partial charge in [-0.2, -0.15) is 0 Å². The molecule has 4 heteroatoms. The standard InChI is InChI=1S/C12H19N3S/c1-13-11(10-5-2-3-6-10)9-16-12-14-7-4-8-15-12/h4,7-8,10-11,13H,2-3,5-6,9H2,1H3. The van der Waals surface area contributed by atoms with Crippen LogP contribution in [0.2, 0.25) is 0 Å². The van der Waals surface area contributed by atoms with E-state index in [1.165, 1.54) is 25.7 Å². The molecule has 1 unspecified atom stereocenters. The number of rotatable bonds is 5. The number of nitrogens with zero attached hydrogens (tertiary/aromatic N) is 2. The first-order chi connectivity index (χ1) is 7.90. The van der Waals surface area contributed by atoms with E-state index in [-0.39, 0.29) is 0 Å². The van der Waals surface area contributed by atoms with Crippen molar-refractivity contribution in [3.05, 3.63) is 18.5 Å². The lowest BCUT2D eigenvalue weighted by Gasteiger charge is -2.21. The molecule has 88 valence electrons. The average molecular weight is 237 g/mol. The van der Waals surface area contributed by atoms with E-state index in [1.54, 1.807) is 24.2 Å². The van der Waals surface area contributed by atoms with Crippen LogP contribution >= 0.6 is 11.8 Å². The molecule has 1 aromatic heterocycles. The van der Waals surface area contributed by atoms with Gasteiger partial charge >= 0.3 is 0 Å². The Hall–Kier alpha value is -0.610. The van der Waals surface area contributed by atoms with Crippen molar-refractivity contribution < 1.29 is 0 Å². The van der Waals surface area contributed by atoms with E-state index in [4.69, 9.17) is 0 Å². The molecular formula is C12H19N3S. The van der Waals surface area contributed by atoms with Crippen LogP contribution in [0.5, 0.6) is 0 Å². The predicted molar refractivity (Wildman–Crippen MR) is 67.6 cm³/mol. The van der Waals surface area contributed by atoms with Crippen molar-refractivity contribution in [2.45, 2.75) is 36.9 Å². The second-order valence-corrected chi connectivity index (χ2v) is 5.27.